The molecular weight excluding hydrogens is 240 g/mol. The number of aromatic nitrogens is 2. The van der Waals surface area contributed by atoms with Crippen molar-refractivity contribution in [3.05, 3.63) is 36.0 Å². The number of hydrogen-bond donors (Lipinski definition) is 2. The smallest absolute Gasteiger partial charge is 0.161 e. The highest BCUT2D eigenvalue weighted by Crippen LogP contribution is 2.24. The van der Waals surface area contributed by atoms with Gasteiger partial charge in [0.2, 0.25) is 0 Å². The topological polar surface area (TPSA) is 73.1 Å². The molecule has 0 amide bonds. The number of hydrogen-bond acceptors (Lipinski definition) is 5. The highest BCUT2D eigenvalue weighted by molar-refractivity contribution is 5.59. The summed E-state index contributed by atoms with van der Waals surface area (Å²) in [4.78, 5) is 8.94. The molecule has 0 aliphatic rings. The van der Waals surface area contributed by atoms with Crippen molar-refractivity contribution in [3.8, 4) is 17.1 Å². The molecule has 1 aromatic heterocycles. The number of rotatable bonds is 4. The molecule has 0 unspecified atom stereocenters. The van der Waals surface area contributed by atoms with Crippen molar-refractivity contribution in [3.63, 3.8) is 0 Å². The van der Waals surface area contributed by atoms with Gasteiger partial charge in [0.05, 0.1) is 7.11 Å². The van der Waals surface area contributed by atoms with Crippen LogP contribution in [0, 0.1) is 0 Å². The quantitative estimate of drug-likeness (QED) is 0.651. The third-order valence-corrected chi connectivity index (χ3v) is 2.81. The summed E-state index contributed by atoms with van der Waals surface area (Å²) in [5.74, 6) is 7.78. The largest absolute Gasteiger partial charge is 0.497 e. The Morgan fingerprint density at radius 2 is 2.00 bits per heavy atom. The van der Waals surface area contributed by atoms with E-state index in [1.165, 1.54) is 0 Å². The van der Waals surface area contributed by atoms with Gasteiger partial charge in [-0.15, -0.1) is 0 Å². The van der Waals surface area contributed by atoms with Crippen molar-refractivity contribution in [2.45, 2.75) is 19.8 Å². The van der Waals surface area contributed by atoms with E-state index in [0.717, 1.165) is 17.0 Å². The molecule has 0 bridgehead atoms. The average Bonchev–Trinajstić information content (AvgIpc) is 2.46. The van der Waals surface area contributed by atoms with Crippen molar-refractivity contribution < 1.29 is 4.74 Å². The van der Waals surface area contributed by atoms with Gasteiger partial charge in [0.1, 0.15) is 11.6 Å². The highest BCUT2D eigenvalue weighted by atomic mass is 16.5. The van der Waals surface area contributed by atoms with Gasteiger partial charge in [-0.25, -0.2) is 15.8 Å². The highest BCUT2D eigenvalue weighted by Gasteiger charge is 2.09. The fourth-order valence-electron chi connectivity index (χ4n) is 1.73. The normalized spacial score (nSPS) is 10.6. The van der Waals surface area contributed by atoms with Gasteiger partial charge in [-0.05, 0) is 18.1 Å². The number of nitrogens with one attached hydrogen (secondary N) is 1. The van der Waals surface area contributed by atoms with Crippen molar-refractivity contribution in [1.29, 1.82) is 0 Å². The molecule has 0 fully saturated rings. The maximum Gasteiger partial charge on any atom is 0.161 e. The zero-order valence-electron chi connectivity index (χ0n) is 11.3. The fraction of sp³-hybridized carbons (Fsp3) is 0.286. The van der Waals surface area contributed by atoms with Crippen molar-refractivity contribution in [1.82, 2.24) is 9.97 Å². The van der Waals surface area contributed by atoms with E-state index < -0.39 is 0 Å². The number of nitrogens with two attached hydrogens (primary N) is 1. The average molecular weight is 258 g/mol. The van der Waals surface area contributed by atoms with Crippen molar-refractivity contribution >= 4 is 5.82 Å². The summed E-state index contributed by atoms with van der Waals surface area (Å²) in [5.41, 5.74) is 4.43. The van der Waals surface area contributed by atoms with Crippen LogP contribution in [0.2, 0.25) is 0 Å². The molecule has 0 saturated heterocycles. The van der Waals surface area contributed by atoms with Gasteiger partial charge in [0, 0.05) is 17.3 Å². The molecular formula is C14H18N4O. The molecule has 19 heavy (non-hydrogen) atoms. The monoisotopic (exact) mass is 258 g/mol. The lowest BCUT2D eigenvalue weighted by atomic mass is 10.1. The van der Waals surface area contributed by atoms with Crippen LogP contribution in [-0.4, -0.2) is 17.1 Å². The summed E-state index contributed by atoms with van der Waals surface area (Å²) in [5, 5.41) is 0. The summed E-state index contributed by atoms with van der Waals surface area (Å²) < 4.78 is 5.21. The van der Waals surface area contributed by atoms with E-state index in [1.807, 2.05) is 30.3 Å². The molecule has 0 aliphatic carbocycles. The first-order valence-electron chi connectivity index (χ1n) is 6.14. The van der Waals surface area contributed by atoms with Gasteiger partial charge in [0.25, 0.3) is 0 Å². The Morgan fingerprint density at radius 3 is 2.63 bits per heavy atom. The van der Waals surface area contributed by atoms with E-state index in [2.05, 4.69) is 29.2 Å². The molecule has 100 valence electrons. The molecule has 1 heterocycles. The van der Waals surface area contributed by atoms with E-state index in [1.54, 1.807) is 7.11 Å². The van der Waals surface area contributed by atoms with E-state index in [9.17, 15) is 0 Å². The predicted molar refractivity (Wildman–Crippen MR) is 75.9 cm³/mol. The fourth-order valence-corrected chi connectivity index (χ4v) is 1.73. The van der Waals surface area contributed by atoms with Crippen LogP contribution in [0.3, 0.4) is 0 Å². The lowest BCUT2D eigenvalue weighted by Crippen LogP contribution is -2.11. The van der Waals surface area contributed by atoms with E-state index in [0.29, 0.717) is 17.6 Å². The summed E-state index contributed by atoms with van der Waals surface area (Å²) >= 11 is 0. The number of benzene rings is 1. The van der Waals surface area contributed by atoms with Crippen LogP contribution < -0.4 is 16.0 Å². The summed E-state index contributed by atoms with van der Waals surface area (Å²) in [6.45, 7) is 4.16. The van der Waals surface area contributed by atoms with Crippen LogP contribution in [-0.2, 0) is 0 Å². The van der Waals surface area contributed by atoms with Gasteiger partial charge in [0.15, 0.2) is 5.82 Å². The Bertz CT molecular complexity index is 569. The van der Waals surface area contributed by atoms with Crippen LogP contribution in [0.25, 0.3) is 11.4 Å². The van der Waals surface area contributed by atoms with Gasteiger partial charge in [-0.2, -0.15) is 0 Å². The standard InChI is InChI=1S/C14H18N4O/c1-9(2)12-8-13(18-15)17-14(16-12)10-5-4-6-11(7-10)19-3/h4-9H,15H2,1-3H3,(H,16,17,18). The SMILES string of the molecule is COc1cccc(-c2nc(NN)cc(C(C)C)n2)c1. The minimum atomic E-state index is 0.305. The number of ether oxygens (including phenoxy) is 1. The van der Waals surface area contributed by atoms with E-state index in [-0.39, 0.29) is 0 Å². The van der Waals surface area contributed by atoms with Crippen molar-refractivity contribution in [2.24, 2.45) is 5.84 Å². The first-order valence-corrected chi connectivity index (χ1v) is 6.14. The first-order chi connectivity index (χ1) is 9.13. The Morgan fingerprint density at radius 1 is 1.21 bits per heavy atom. The third-order valence-electron chi connectivity index (χ3n) is 2.81. The van der Waals surface area contributed by atoms with Gasteiger partial charge >= 0.3 is 0 Å². The second-order valence-electron chi connectivity index (χ2n) is 4.53. The lowest BCUT2D eigenvalue weighted by Gasteiger charge is -2.10. The second kappa shape index (κ2) is 5.67. The zero-order valence-corrected chi connectivity index (χ0v) is 11.3. The molecule has 2 aromatic rings. The van der Waals surface area contributed by atoms with Crippen molar-refractivity contribution in [2.75, 3.05) is 12.5 Å². The van der Waals surface area contributed by atoms with Crippen LogP contribution in [0.4, 0.5) is 5.82 Å². The number of nitrogens with zero attached hydrogens (tertiary/aromatic N) is 2. The maximum atomic E-state index is 5.46. The first kappa shape index (κ1) is 13.3. The summed E-state index contributed by atoms with van der Waals surface area (Å²) in [7, 11) is 1.64. The van der Waals surface area contributed by atoms with Gasteiger partial charge in [-0.1, -0.05) is 26.0 Å². The number of anilines is 1. The third kappa shape index (κ3) is 3.00. The molecule has 1 aromatic carbocycles. The van der Waals surface area contributed by atoms with Crippen LogP contribution in [0.5, 0.6) is 5.75 Å². The molecule has 2 rings (SSSR count). The maximum absolute atomic E-state index is 5.46. The molecule has 5 heteroatoms. The predicted octanol–water partition coefficient (Wildman–Crippen LogP) is 2.56. The molecule has 0 radical (unpaired) electrons. The van der Waals surface area contributed by atoms with Crippen LogP contribution in [0.1, 0.15) is 25.5 Å². The zero-order chi connectivity index (χ0) is 13.8. The van der Waals surface area contributed by atoms with Crippen LogP contribution in [0.15, 0.2) is 30.3 Å². The Hall–Kier alpha value is -2.14. The molecule has 0 saturated carbocycles. The Labute approximate surface area is 112 Å². The van der Waals surface area contributed by atoms with E-state index >= 15 is 0 Å². The molecule has 0 aliphatic heterocycles. The minimum Gasteiger partial charge on any atom is -0.497 e. The molecule has 5 nitrogen and oxygen atoms in total. The van der Waals surface area contributed by atoms with Gasteiger partial charge in [-0.3, -0.25) is 0 Å². The molecule has 0 atom stereocenters. The lowest BCUT2D eigenvalue weighted by molar-refractivity contribution is 0.415. The van der Waals surface area contributed by atoms with E-state index in [4.69, 9.17) is 10.6 Å². The number of hydrazine groups is 1. The van der Waals surface area contributed by atoms with Gasteiger partial charge < -0.3 is 10.2 Å². The molecule has 3 N–H and O–H groups in total. The molecule has 0 spiro atoms. The summed E-state index contributed by atoms with van der Waals surface area (Å²) in [6.07, 6.45) is 0. The second-order valence-corrected chi connectivity index (χ2v) is 4.53. The minimum absolute atomic E-state index is 0.305. The number of methoxy groups -OCH3 is 1. The Balaban J connectivity index is 2.50. The summed E-state index contributed by atoms with van der Waals surface area (Å²) in [6, 6.07) is 9.50. The van der Waals surface area contributed by atoms with Crippen LogP contribution >= 0.6 is 0 Å². The number of nitrogen functional groups attached to an aromatic ring is 1. The Kier molecular flexibility index (Phi) is 3.97.